The van der Waals surface area contributed by atoms with Crippen molar-refractivity contribution >= 4 is 11.6 Å². The number of hydrogen-bond donors (Lipinski definition) is 0. The smallest absolute Gasteiger partial charge is 0.0223 e. The van der Waals surface area contributed by atoms with E-state index in [0.29, 0.717) is 10.8 Å². The Bertz CT molecular complexity index is 167. The van der Waals surface area contributed by atoms with Crippen LogP contribution in [-0.2, 0) is 0 Å². The molecule has 0 aliphatic carbocycles. The lowest BCUT2D eigenvalue weighted by molar-refractivity contribution is 0.0854. The second kappa shape index (κ2) is 5.80. The second-order valence-electron chi connectivity index (χ2n) is 5.43. The fourth-order valence-electron chi connectivity index (χ4n) is 1.75. The zero-order valence-corrected chi connectivity index (χ0v) is 11.0. The van der Waals surface area contributed by atoms with Crippen molar-refractivity contribution in [1.29, 1.82) is 0 Å². The molecule has 0 aliphatic heterocycles. The minimum absolute atomic E-state index is 0.349. The van der Waals surface area contributed by atoms with Gasteiger partial charge in [0.1, 0.15) is 0 Å². The summed E-state index contributed by atoms with van der Waals surface area (Å²) in [6.07, 6.45) is 6.68. The summed E-state index contributed by atoms with van der Waals surface area (Å²) in [6, 6.07) is 0. The summed E-state index contributed by atoms with van der Waals surface area (Å²) in [4.78, 5) is 0. The van der Waals surface area contributed by atoms with Crippen molar-refractivity contribution in [3.63, 3.8) is 0 Å². The van der Waals surface area contributed by atoms with Gasteiger partial charge in [-0.05, 0) is 36.5 Å². The molecular weight excluding hydrogens is 192 g/mol. The Morgan fingerprint density at radius 2 is 1.71 bits per heavy atom. The first kappa shape index (κ1) is 14.0. The Morgan fingerprint density at radius 1 is 1.14 bits per heavy atom. The van der Waals surface area contributed by atoms with Crippen LogP contribution >= 0.6 is 11.6 Å². The molecule has 0 fully saturated rings. The van der Waals surface area contributed by atoms with Crippen LogP contribution in [-0.4, -0.2) is 5.88 Å². The van der Waals surface area contributed by atoms with E-state index in [1.165, 1.54) is 12.8 Å². The van der Waals surface area contributed by atoms with E-state index >= 15 is 0 Å². The number of halogens is 1. The Hall–Kier alpha value is 0.0300. The minimum Gasteiger partial charge on any atom is -0.127 e. The lowest BCUT2D eigenvalue weighted by Gasteiger charge is -2.42. The average Bonchev–Trinajstić information content (AvgIpc) is 2.09. The number of allylic oxidation sites excluding steroid dienone is 1. The van der Waals surface area contributed by atoms with Gasteiger partial charge in [0.05, 0.1) is 0 Å². The molecule has 84 valence electrons. The maximum atomic E-state index is 5.77. The second-order valence-corrected chi connectivity index (χ2v) is 5.81. The van der Waals surface area contributed by atoms with Gasteiger partial charge in [-0.3, -0.25) is 0 Å². The lowest BCUT2D eigenvalue weighted by Crippen LogP contribution is -2.32. The summed E-state index contributed by atoms with van der Waals surface area (Å²) in [5.74, 6) is 0.778. The van der Waals surface area contributed by atoms with Gasteiger partial charge in [-0.2, -0.15) is 0 Å². The van der Waals surface area contributed by atoms with Crippen LogP contribution in [0.5, 0.6) is 0 Å². The van der Waals surface area contributed by atoms with E-state index in [-0.39, 0.29) is 0 Å². The number of rotatable bonds is 6. The molecule has 14 heavy (non-hydrogen) atoms. The van der Waals surface area contributed by atoms with Gasteiger partial charge in [-0.1, -0.05) is 33.8 Å². The van der Waals surface area contributed by atoms with E-state index in [9.17, 15) is 0 Å². The van der Waals surface area contributed by atoms with Crippen molar-refractivity contribution in [2.24, 2.45) is 10.8 Å². The Kier molecular flexibility index (Phi) is 5.81. The predicted molar refractivity (Wildman–Crippen MR) is 66.9 cm³/mol. The van der Waals surface area contributed by atoms with Gasteiger partial charge in [0.15, 0.2) is 0 Å². The summed E-state index contributed by atoms with van der Waals surface area (Å²) in [6.45, 7) is 13.1. The van der Waals surface area contributed by atoms with Crippen molar-refractivity contribution < 1.29 is 0 Å². The van der Waals surface area contributed by atoms with Crippen LogP contribution in [0.2, 0.25) is 0 Å². The molecule has 0 aromatic rings. The summed E-state index contributed by atoms with van der Waals surface area (Å²) in [7, 11) is 0. The average molecular weight is 217 g/mol. The molecule has 0 amide bonds. The SMILES string of the molecule is C=CCCC(C)(CCCCl)C(C)(C)C. The highest BCUT2D eigenvalue weighted by atomic mass is 35.5. The van der Waals surface area contributed by atoms with Crippen molar-refractivity contribution in [3.8, 4) is 0 Å². The maximum absolute atomic E-state index is 5.77. The molecule has 1 unspecified atom stereocenters. The normalized spacial score (nSPS) is 16.4. The van der Waals surface area contributed by atoms with Gasteiger partial charge >= 0.3 is 0 Å². The van der Waals surface area contributed by atoms with Crippen LogP contribution in [0.4, 0.5) is 0 Å². The number of alkyl halides is 1. The first-order valence-corrected chi connectivity index (χ1v) is 6.08. The molecular formula is C13H25Cl. The van der Waals surface area contributed by atoms with E-state index in [0.717, 1.165) is 18.7 Å². The Morgan fingerprint density at radius 3 is 2.07 bits per heavy atom. The molecule has 1 atom stereocenters. The first-order valence-electron chi connectivity index (χ1n) is 5.54. The zero-order valence-electron chi connectivity index (χ0n) is 10.2. The van der Waals surface area contributed by atoms with Crippen LogP contribution in [0.1, 0.15) is 53.4 Å². The summed E-state index contributed by atoms with van der Waals surface area (Å²) < 4.78 is 0. The van der Waals surface area contributed by atoms with E-state index in [1.807, 2.05) is 6.08 Å². The van der Waals surface area contributed by atoms with Gasteiger partial charge in [0.25, 0.3) is 0 Å². The third-order valence-electron chi connectivity index (χ3n) is 3.57. The highest BCUT2D eigenvalue weighted by Gasteiger charge is 2.35. The molecule has 0 radical (unpaired) electrons. The summed E-state index contributed by atoms with van der Waals surface area (Å²) in [5, 5.41) is 0. The molecule has 0 aromatic carbocycles. The third-order valence-corrected chi connectivity index (χ3v) is 3.84. The lowest BCUT2D eigenvalue weighted by atomic mass is 9.63. The quantitative estimate of drug-likeness (QED) is 0.432. The molecule has 0 heterocycles. The molecule has 0 rings (SSSR count). The largest absolute Gasteiger partial charge is 0.127 e. The van der Waals surface area contributed by atoms with E-state index in [2.05, 4.69) is 34.3 Å². The molecule has 0 bridgehead atoms. The standard InChI is InChI=1S/C13H25Cl/c1-6-7-9-13(5,10-8-11-14)12(2,3)4/h6H,1,7-11H2,2-5H3. The molecule has 0 saturated heterocycles. The molecule has 0 aliphatic rings. The first-order chi connectivity index (χ1) is 6.37. The Balaban J connectivity index is 4.40. The van der Waals surface area contributed by atoms with Gasteiger partial charge in [-0.15, -0.1) is 18.2 Å². The third kappa shape index (κ3) is 4.04. The van der Waals surface area contributed by atoms with Crippen LogP contribution < -0.4 is 0 Å². The molecule has 0 saturated carbocycles. The van der Waals surface area contributed by atoms with Crippen LogP contribution in [0.25, 0.3) is 0 Å². The monoisotopic (exact) mass is 216 g/mol. The van der Waals surface area contributed by atoms with Gasteiger partial charge in [0, 0.05) is 5.88 Å². The highest BCUT2D eigenvalue weighted by Crippen LogP contribution is 2.45. The van der Waals surface area contributed by atoms with Crippen molar-refractivity contribution in [3.05, 3.63) is 12.7 Å². The van der Waals surface area contributed by atoms with Gasteiger partial charge < -0.3 is 0 Å². The minimum atomic E-state index is 0.349. The summed E-state index contributed by atoms with van der Waals surface area (Å²) in [5.41, 5.74) is 0.734. The number of hydrogen-bond acceptors (Lipinski definition) is 0. The highest BCUT2D eigenvalue weighted by molar-refractivity contribution is 6.17. The molecule has 0 N–H and O–H groups in total. The topological polar surface area (TPSA) is 0 Å². The van der Waals surface area contributed by atoms with Crippen molar-refractivity contribution in [1.82, 2.24) is 0 Å². The van der Waals surface area contributed by atoms with E-state index in [1.54, 1.807) is 0 Å². The molecule has 1 heteroatoms. The van der Waals surface area contributed by atoms with Gasteiger partial charge in [0.2, 0.25) is 0 Å². The molecule has 0 nitrogen and oxygen atoms in total. The maximum Gasteiger partial charge on any atom is 0.0223 e. The van der Waals surface area contributed by atoms with Crippen LogP contribution in [0.15, 0.2) is 12.7 Å². The van der Waals surface area contributed by atoms with Gasteiger partial charge in [-0.25, -0.2) is 0 Å². The predicted octanol–water partition coefficient (Wildman–Crippen LogP) is 5.02. The molecule has 0 spiro atoms. The fourth-order valence-corrected chi connectivity index (χ4v) is 1.89. The van der Waals surface area contributed by atoms with Crippen molar-refractivity contribution in [2.75, 3.05) is 5.88 Å². The van der Waals surface area contributed by atoms with Crippen LogP contribution in [0, 0.1) is 10.8 Å². The van der Waals surface area contributed by atoms with E-state index in [4.69, 9.17) is 11.6 Å². The van der Waals surface area contributed by atoms with E-state index < -0.39 is 0 Å². The Labute approximate surface area is 94.7 Å². The zero-order chi connectivity index (χ0) is 11.2. The fraction of sp³-hybridized carbons (Fsp3) is 0.846. The van der Waals surface area contributed by atoms with Crippen LogP contribution in [0.3, 0.4) is 0 Å². The van der Waals surface area contributed by atoms with Crippen molar-refractivity contribution in [2.45, 2.75) is 53.4 Å². The summed E-state index contributed by atoms with van der Waals surface area (Å²) >= 11 is 5.77. The molecule has 0 aromatic heterocycles.